The number of rotatable bonds is 5. The highest BCUT2D eigenvalue weighted by atomic mass is 15.3. The number of fused-ring (bicyclic) bond motifs is 1. The zero-order chi connectivity index (χ0) is 13.8. The molecule has 100 valence electrons. The summed E-state index contributed by atoms with van der Waals surface area (Å²) in [5.74, 6) is 1.05. The minimum Gasteiger partial charge on any atom is -0.388 e. The van der Waals surface area contributed by atoms with Crippen molar-refractivity contribution in [2.45, 2.75) is 26.3 Å². The van der Waals surface area contributed by atoms with E-state index in [4.69, 9.17) is 11.1 Å². The summed E-state index contributed by atoms with van der Waals surface area (Å²) in [6.07, 6.45) is 2.30. The molecule has 0 radical (unpaired) electrons. The third kappa shape index (κ3) is 2.99. The number of hydrogen-bond donors (Lipinski definition) is 2. The summed E-state index contributed by atoms with van der Waals surface area (Å²) in [6.45, 7) is 4.88. The van der Waals surface area contributed by atoms with Gasteiger partial charge in [-0.2, -0.15) is 5.10 Å². The predicted molar refractivity (Wildman–Crippen MR) is 78.6 cm³/mol. The minimum atomic E-state index is 0.193. The molecule has 5 heteroatoms. The zero-order valence-corrected chi connectivity index (χ0v) is 11.3. The molecule has 5 nitrogen and oxygen atoms in total. The van der Waals surface area contributed by atoms with Crippen molar-refractivity contribution in [2.24, 2.45) is 5.73 Å². The van der Waals surface area contributed by atoms with E-state index in [0.717, 1.165) is 16.6 Å². The zero-order valence-electron chi connectivity index (χ0n) is 11.3. The van der Waals surface area contributed by atoms with Crippen LogP contribution >= 0.6 is 0 Å². The fraction of sp³-hybridized carbons (Fsp3) is 0.357. The maximum atomic E-state index is 7.37. The maximum Gasteiger partial charge on any atom is 0.159 e. The van der Waals surface area contributed by atoms with Crippen LogP contribution in [0.3, 0.4) is 0 Å². The lowest BCUT2D eigenvalue weighted by molar-refractivity contribution is 0.676. The molecule has 0 aliphatic carbocycles. The van der Waals surface area contributed by atoms with Crippen molar-refractivity contribution in [2.75, 3.05) is 11.4 Å². The highest BCUT2D eigenvalue weighted by molar-refractivity contribution is 5.91. The largest absolute Gasteiger partial charge is 0.388 e. The van der Waals surface area contributed by atoms with E-state index in [-0.39, 0.29) is 11.9 Å². The fourth-order valence-electron chi connectivity index (χ4n) is 2.07. The van der Waals surface area contributed by atoms with Crippen LogP contribution in [-0.4, -0.2) is 28.6 Å². The molecule has 1 aromatic carbocycles. The Hall–Kier alpha value is -2.17. The van der Waals surface area contributed by atoms with Gasteiger partial charge < -0.3 is 10.6 Å². The first-order valence-electron chi connectivity index (χ1n) is 6.39. The molecular formula is C14H19N5. The smallest absolute Gasteiger partial charge is 0.159 e. The van der Waals surface area contributed by atoms with Crippen LogP contribution in [0.2, 0.25) is 0 Å². The molecule has 0 saturated heterocycles. The van der Waals surface area contributed by atoms with Gasteiger partial charge in [0.2, 0.25) is 0 Å². The van der Waals surface area contributed by atoms with Crippen LogP contribution in [0.5, 0.6) is 0 Å². The summed E-state index contributed by atoms with van der Waals surface area (Å²) in [6, 6.07) is 8.33. The summed E-state index contributed by atoms with van der Waals surface area (Å²) < 4.78 is 0. The average molecular weight is 257 g/mol. The number of nitrogens with one attached hydrogen (secondary N) is 1. The minimum absolute atomic E-state index is 0.193. The lowest BCUT2D eigenvalue weighted by Gasteiger charge is -2.28. The summed E-state index contributed by atoms with van der Waals surface area (Å²) in [4.78, 5) is 2.14. The molecule has 0 fully saturated rings. The summed E-state index contributed by atoms with van der Waals surface area (Å²) in [5.41, 5.74) is 5.45. The topological polar surface area (TPSA) is 78.9 Å². The van der Waals surface area contributed by atoms with E-state index < -0.39 is 0 Å². The van der Waals surface area contributed by atoms with E-state index in [1.54, 1.807) is 6.20 Å². The van der Waals surface area contributed by atoms with Crippen molar-refractivity contribution >= 4 is 22.4 Å². The number of benzene rings is 1. The number of nitrogens with two attached hydrogens (primary N) is 1. The molecule has 2 rings (SSSR count). The Morgan fingerprint density at radius 2 is 2.11 bits per heavy atom. The van der Waals surface area contributed by atoms with Gasteiger partial charge in [0.25, 0.3) is 0 Å². The van der Waals surface area contributed by atoms with Crippen LogP contribution in [0.25, 0.3) is 10.8 Å². The molecule has 0 atom stereocenters. The molecule has 0 spiro atoms. The van der Waals surface area contributed by atoms with Gasteiger partial charge in [0, 0.05) is 29.8 Å². The monoisotopic (exact) mass is 257 g/mol. The Balaban J connectivity index is 2.41. The Kier molecular flexibility index (Phi) is 3.94. The van der Waals surface area contributed by atoms with E-state index in [1.165, 1.54) is 0 Å². The second-order valence-corrected chi connectivity index (χ2v) is 4.82. The van der Waals surface area contributed by atoms with Crippen LogP contribution in [-0.2, 0) is 0 Å². The highest BCUT2D eigenvalue weighted by Crippen LogP contribution is 2.24. The Morgan fingerprint density at radius 1 is 1.37 bits per heavy atom. The van der Waals surface area contributed by atoms with Gasteiger partial charge in [0.15, 0.2) is 5.82 Å². The molecule has 0 unspecified atom stereocenters. The second-order valence-electron chi connectivity index (χ2n) is 4.82. The van der Waals surface area contributed by atoms with E-state index in [2.05, 4.69) is 28.9 Å². The number of amidine groups is 1. The summed E-state index contributed by atoms with van der Waals surface area (Å²) in [7, 11) is 0. The summed E-state index contributed by atoms with van der Waals surface area (Å²) in [5, 5.41) is 17.9. The standard InChI is InChI=1S/C14H19N5/c1-10(2)19(8-7-13(15)16)14-12-6-4-3-5-11(12)9-17-18-14/h3-6,9-10H,7-8H2,1-2H3,(H3,15,16). The van der Waals surface area contributed by atoms with Gasteiger partial charge in [-0.05, 0) is 13.8 Å². The molecule has 0 saturated carbocycles. The van der Waals surface area contributed by atoms with Crippen LogP contribution < -0.4 is 10.6 Å². The van der Waals surface area contributed by atoms with Crippen LogP contribution in [0.15, 0.2) is 30.5 Å². The van der Waals surface area contributed by atoms with Crippen molar-refractivity contribution in [3.8, 4) is 0 Å². The predicted octanol–water partition coefficient (Wildman–Crippen LogP) is 2.17. The number of anilines is 1. The Labute approximate surface area is 112 Å². The number of nitrogens with zero attached hydrogens (tertiary/aromatic N) is 3. The maximum absolute atomic E-state index is 7.37. The van der Waals surface area contributed by atoms with Crippen molar-refractivity contribution in [3.05, 3.63) is 30.5 Å². The molecule has 1 aromatic heterocycles. The van der Waals surface area contributed by atoms with Gasteiger partial charge in [0.1, 0.15) is 0 Å². The van der Waals surface area contributed by atoms with E-state index in [9.17, 15) is 0 Å². The van der Waals surface area contributed by atoms with Gasteiger partial charge in [-0.1, -0.05) is 24.3 Å². The first-order chi connectivity index (χ1) is 9.09. The lowest BCUT2D eigenvalue weighted by Crippen LogP contribution is -2.34. The molecule has 0 amide bonds. The molecule has 0 bridgehead atoms. The van der Waals surface area contributed by atoms with E-state index >= 15 is 0 Å². The van der Waals surface area contributed by atoms with Crippen molar-refractivity contribution < 1.29 is 0 Å². The average Bonchev–Trinajstić information content (AvgIpc) is 2.38. The fourth-order valence-corrected chi connectivity index (χ4v) is 2.07. The van der Waals surface area contributed by atoms with Gasteiger partial charge in [0.05, 0.1) is 12.0 Å². The van der Waals surface area contributed by atoms with E-state index in [1.807, 2.05) is 24.3 Å². The highest BCUT2D eigenvalue weighted by Gasteiger charge is 2.15. The normalized spacial score (nSPS) is 10.9. The molecule has 0 aliphatic rings. The van der Waals surface area contributed by atoms with Gasteiger partial charge in [-0.25, -0.2) is 0 Å². The lowest BCUT2D eigenvalue weighted by atomic mass is 10.1. The number of aromatic nitrogens is 2. The molecule has 0 aliphatic heterocycles. The Morgan fingerprint density at radius 3 is 2.79 bits per heavy atom. The molecule has 3 N–H and O–H groups in total. The van der Waals surface area contributed by atoms with Crippen molar-refractivity contribution in [1.29, 1.82) is 5.41 Å². The second kappa shape index (κ2) is 5.65. The van der Waals surface area contributed by atoms with Gasteiger partial charge in [-0.15, -0.1) is 5.10 Å². The van der Waals surface area contributed by atoms with Gasteiger partial charge >= 0.3 is 0 Å². The summed E-state index contributed by atoms with van der Waals surface area (Å²) >= 11 is 0. The van der Waals surface area contributed by atoms with Crippen LogP contribution in [0.1, 0.15) is 20.3 Å². The van der Waals surface area contributed by atoms with Crippen molar-refractivity contribution in [3.63, 3.8) is 0 Å². The van der Waals surface area contributed by atoms with Crippen LogP contribution in [0, 0.1) is 5.41 Å². The third-order valence-corrected chi connectivity index (χ3v) is 3.07. The molecular weight excluding hydrogens is 238 g/mol. The van der Waals surface area contributed by atoms with Crippen LogP contribution in [0.4, 0.5) is 5.82 Å². The Bertz CT molecular complexity index is 574. The van der Waals surface area contributed by atoms with Gasteiger partial charge in [-0.3, -0.25) is 5.41 Å². The molecule has 19 heavy (non-hydrogen) atoms. The van der Waals surface area contributed by atoms with E-state index in [0.29, 0.717) is 13.0 Å². The first kappa shape index (κ1) is 13.3. The molecule has 1 heterocycles. The first-order valence-corrected chi connectivity index (χ1v) is 6.39. The number of hydrogen-bond acceptors (Lipinski definition) is 4. The SMILES string of the molecule is CC(C)N(CCC(=N)N)c1nncc2ccccc12. The quantitative estimate of drug-likeness (QED) is 0.635. The molecule has 2 aromatic rings. The third-order valence-electron chi connectivity index (χ3n) is 3.07. The van der Waals surface area contributed by atoms with Crippen molar-refractivity contribution in [1.82, 2.24) is 10.2 Å².